The van der Waals surface area contributed by atoms with Crippen LogP contribution in [-0.2, 0) is 21.4 Å². The minimum atomic E-state index is -3.88. The van der Waals surface area contributed by atoms with Gasteiger partial charge in [-0.15, -0.1) is 0 Å². The van der Waals surface area contributed by atoms with E-state index < -0.39 is 10.1 Å². The number of aryl methyl sites for hydroxylation is 1. The lowest BCUT2D eigenvalue weighted by Gasteiger charge is -2.33. The van der Waals surface area contributed by atoms with E-state index in [0.717, 1.165) is 41.3 Å². The van der Waals surface area contributed by atoms with Crippen molar-refractivity contribution in [3.8, 4) is 17.2 Å². The van der Waals surface area contributed by atoms with Crippen LogP contribution in [0.1, 0.15) is 22.8 Å². The van der Waals surface area contributed by atoms with Crippen molar-refractivity contribution >= 4 is 10.1 Å². The van der Waals surface area contributed by atoms with Crippen molar-refractivity contribution < 1.29 is 26.8 Å². The first-order valence-corrected chi connectivity index (χ1v) is 12.4. The Morgan fingerprint density at radius 1 is 0.941 bits per heavy atom. The fourth-order valence-corrected chi connectivity index (χ4v) is 4.82. The van der Waals surface area contributed by atoms with Crippen molar-refractivity contribution in [2.45, 2.75) is 24.5 Å². The molecule has 34 heavy (non-hydrogen) atoms. The molecule has 0 aliphatic carbocycles. The van der Waals surface area contributed by atoms with Crippen molar-refractivity contribution in [3.63, 3.8) is 0 Å². The summed E-state index contributed by atoms with van der Waals surface area (Å²) in [5.74, 6) is 1.81. The summed E-state index contributed by atoms with van der Waals surface area (Å²) in [7, 11) is -0.593. The Labute approximate surface area is 201 Å². The Morgan fingerprint density at radius 3 is 2.32 bits per heavy atom. The van der Waals surface area contributed by atoms with Gasteiger partial charge in [-0.2, -0.15) is 8.42 Å². The zero-order valence-corrected chi connectivity index (χ0v) is 20.4. The number of benzene rings is 3. The third-order valence-corrected chi connectivity index (χ3v) is 7.07. The Morgan fingerprint density at radius 2 is 1.65 bits per heavy atom. The van der Waals surface area contributed by atoms with Gasteiger partial charge in [-0.05, 0) is 42.8 Å². The fraction of sp³-hybridized carbons (Fsp3) is 0.308. The molecular formula is C26H29NO6S. The number of hydrogen-bond donors (Lipinski definition) is 0. The van der Waals surface area contributed by atoms with Gasteiger partial charge in [-0.25, -0.2) is 0 Å². The van der Waals surface area contributed by atoms with E-state index in [0.29, 0.717) is 13.2 Å². The normalized spacial score (nSPS) is 16.7. The highest BCUT2D eigenvalue weighted by Gasteiger charge is 2.24. The smallest absolute Gasteiger partial charge is 0.339 e. The van der Waals surface area contributed by atoms with Crippen LogP contribution in [0.25, 0.3) is 0 Å². The van der Waals surface area contributed by atoms with E-state index in [9.17, 15) is 8.42 Å². The lowest BCUT2D eigenvalue weighted by atomic mass is 10.1. The molecule has 0 aromatic heterocycles. The minimum Gasteiger partial charge on any atom is -0.497 e. The predicted octanol–water partition coefficient (Wildman–Crippen LogP) is 4.35. The standard InChI is InChI=1S/C26H29NO6S/c1-19-4-12-24(13-5-19)34(28,29)33-22-9-6-20(7-10-22)26-18-27(14-15-32-26)17-21-8-11-23(30-2)16-25(21)31-3/h4-13,16,26H,14-15,17-18H2,1-3H3. The van der Waals surface area contributed by atoms with E-state index in [1.807, 2.05) is 37.3 Å². The molecule has 0 spiro atoms. The van der Waals surface area contributed by atoms with Crippen molar-refractivity contribution in [1.29, 1.82) is 0 Å². The zero-order valence-electron chi connectivity index (χ0n) is 19.6. The molecule has 7 nitrogen and oxygen atoms in total. The Bertz CT molecular complexity index is 1210. The third kappa shape index (κ3) is 5.70. The molecule has 4 rings (SSSR count). The van der Waals surface area contributed by atoms with E-state index in [4.69, 9.17) is 18.4 Å². The molecular weight excluding hydrogens is 454 g/mol. The highest BCUT2D eigenvalue weighted by molar-refractivity contribution is 7.87. The van der Waals surface area contributed by atoms with E-state index in [2.05, 4.69) is 4.90 Å². The summed E-state index contributed by atoms with van der Waals surface area (Å²) in [6.45, 7) is 4.74. The average Bonchev–Trinajstić information content (AvgIpc) is 2.85. The lowest BCUT2D eigenvalue weighted by Crippen LogP contribution is -2.37. The second-order valence-corrected chi connectivity index (χ2v) is 9.74. The van der Waals surface area contributed by atoms with Gasteiger partial charge in [0.2, 0.25) is 0 Å². The van der Waals surface area contributed by atoms with Crippen LogP contribution in [-0.4, -0.2) is 47.2 Å². The zero-order chi connectivity index (χ0) is 24.1. The molecule has 1 unspecified atom stereocenters. The molecule has 1 atom stereocenters. The maximum absolute atomic E-state index is 12.5. The number of hydrogen-bond acceptors (Lipinski definition) is 7. The number of nitrogens with zero attached hydrogens (tertiary/aromatic N) is 1. The number of methoxy groups -OCH3 is 2. The van der Waals surface area contributed by atoms with Crippen LogP contribution in [0.15, 0.2) is 71.6 Å². The summed E-state index contributed by atoms with van der Waals surface area (Å²) < 4.78 is 47.2. The molecule has 1 aliphatic heterocycles. The van der Waals surface area contributed by atoms with Crippen LogP contribution in [0.2, 0.25) is 0 Å². The quantitative estimate of drug-likeness (QED) is 0.441. The van der Waals surface area contributed by atoms with Gasteiger partial charge in [0.05, 0.1) is 26.9 Å². The molecule has 1 fully saturated rings. The van der Waals surface area contributed by atoms with Crippen molar-refractivity contribution in [2.75, 3.05) is 33.9 Å². The largest absolute Gasteiger partial charge is 0.497 e. The van der Waals surface area contributed by atoms with E-state index in [1.54, 1.807) is 50.6 Å². The van der Waals surface area contributed by atoms with Gasteiger partial charge < -0.3 is 18.4 Å². The van der Waals surface area contributed by atoms with Gasteiger partial charge in [-0.3, -0.25) is 4.90 Å². The molecule has 1 heterocycles. The summed E-state index contributed by atoms with van der Waals surface area (Å²) in [5.41, 5.74) is 3.02. The molecule has 1 aliphatic rings. The first-order chi connectivity index (χ1) is 16.4. The summed E-state index contributed by atoms with van der Waals surface area (Å²) in [6.07, 6.45) is -0.124. The maximum Gasteiger partial charge on any atom is 0.339 e. The summed E-state index contributed by atoms with van der Waals surface area (Å²) in [5, 5.41) is 0. The van der Waals surface area contributed by atoms with Gasteiger partial charge in [0, 0.05) is 31.3 Å². The molecule has 0 amide bonds. The molecule has 8 heteroatoms. The Balaban J connectivity index is 1.41. The van der Waals surface area contributed by atoms with Crippen molar-refractivity contribution in [2.24, 2.45) is 0 Å². The molecule has 0 bridgehead atoms. The van der Waals surface area contributed by atoms with E-state index in [-0.39, 0.29) is 16.7 Å². The van der Waals surface area contributed by atoms with Crippen LogP contribution in [0.5, 0.6) is 17.2 Å². The van der Waals surface area contributed by atoms with Crippen LogP contribution < -0.4 is 13.7 Å². The van der Waals surface area contributed by atoms with E-state index >= 15 is 0 Å². The van der Waals surface area contributed by atoms with Crippen LogP contribution >= 0.6 is 0 Å². The van der Waals surface area contributed by atoms with Crippen LogP contribution in [0, 0.1) is 6.92 Å². The summed E-state index contributed by atoms with van der Waals surface area (Å²) >= 11 is 0. The lowest BCUT2D eigenvalue weighted by molar-refractivity contribution is -0.0331. The summed E-state index contributed by atoms with van der Waals surface area (Å²) in [6, 6.07) is 19.4. The number of rotatable bonds is 8. The van der Waals surface area contributed by atoms with Gasteiger partial charge in [0.15, 0.2) is 0 Å². The molecule has 180 valence electrons. The SMILES string of the molecule is COc1ccc(CN2CCOC(c3ccc(OS(=O)(=O)c4ccc(C)cc4)cc3)C2)c(OC)c1. The molecule has 0 saturated carbocycles. The average molecular weight is 484 g/mol. The molecule has 3 aromatic rings. The molecule has 3 aromatic carbocycles. The third-order valence-electron chi connectivity index (χ3n) is 5.81. The van der Waals surface area contributed by atoms with Gasteiger partial charge in [-0.1, -0.05) is 35.9 Å². The number of ether oxygens (including phenoxy) is 3. The van der Waals surface area contributed by atoms with Crippen LogP contribution in [0.3, 0.4) is 0 Å². The van der Waals surface area contributed by atoms with Crippen LogP contribution in [0.4, 0.5) is 0 Å². The second-order valence-electron chi connectivity index (χ2n) is 8.19. The monoisotopic (exact) mass is 483 g/mol. The maximum atomic E-state index is 12.5. The van der Waals surface area contributed by atoms with Gasteiger partial charge in [0.1, 0.15) is 22.1 Å². The summed E-state index contributed by atoms with van der Waals surface area (Å²) in [4.78, 5) is 2.44. The van der Waals surface area contributed by atoms with E-state index in [1.165, 1.54) is 0 Å². The second kappa shape index (κ2) is 10.5. The Kier molecular flexibility index (Phi) is 7.41. The number of morpholine rings is 1. The Hall–Kier alpha value is -3.07. The molecule has 0 radical (unpaired) electrons. The molecule has 1 saturated heterocycles. The van der Waals surface area contributed by atoms with Gasteiger partial charge in [0.25, 0.3) is 0 Å². The minimum absolute atomic E-state index is 0.124. The first-order valence-electron chi connectivity index (χ1n) is 11.0. The fourth-order valence-electron chi connectivity index (χ4n) is 3.89. The van der Waals surface area contributed by atoms with Crippen molar-refractivity contribution in [1.82, 2.24) is 4.90 Å². The highest BCUT2D eigenvalue weighted by atomic mass is 32.2. The molecule has 0 N–H and O–H groups in total. The topological polar surface area (TPSA) is 74.3 Å². The van der Waals surface area contributed by atoms with Crippen molar-refractivity contribution in [3.05, 3.63) is 83.4 Å². The van der Waals surface area contributed by atoms with Gasteiger partial charge >= 0.3 is 10.1 Å². The first kappa shape index (κ1) is 24.1. The predicted molar refractivity (Wildman–Crippen MR) is 129 cm³/mol. The highest BCUT2D eigenvalue weighted by Crippen LogP contribution is 2.29.